The Morgan fingerprint density at radius 3 is 2.48 bits per heavy atom. The van der Waals surface area contributed by atoms with Gasteiger partial charge in [-0.3, -0.25) is 4.79 Å². The van der Waals surface area contributed by atoms with Crippen molar-refractivity contribution in [3.63, 3.8) is 0 Å². The summed E-state index contributed by atoms with van der Waals surface area (Å²) in [6, 6.07) is 2.50. The number of carbonyl (C=O) groups is 3. The van der Waals surface area contributed by atoms with Crippen LogP contribution in [0, 0.1) is 11.2 Å². The fourth-order valence-corrected chi connectivity index (χ4v) is 1.33. The van der Waals surface area contributed by atoms with E-state index in [1.165, 1.54) is 6.07 Å². The van der Waals surface area contributed by atoms with Crippen LogP contribution in [-0.4, -0.2) is 29.6 Å². The molecule has 0 saturated heterocycles. The maximum atomic E-state index is 13.2. The van der Waals surface area contributed by atoms with E-state index in [4.69, 9.17) is 10.8 Å². The lowest BCUT2D eigenvalue weighted by Crippen LogP contribution is -2.43. The molecule has 0 aliphatic heterocycles. The van der Waals surface area contributed by atoms with Gasteiger partial charge in [-0.25, -0.2) is 14.0 Å². The van der Waals surface area contributed by atoms with Gasteiger partial charge in [0.2, 0.25) is 5.91 Å². The van der Waals surface area contributed by atoms with Gasteiger partial charge in [0.15, 0.2) is 0 Å². The van der Waals surface area contributed by atoms with Crippen LogP contribution in [0.25, 0.3) is 0 Å². The maximum Gasteiger partial charge on any atom is 0.338 e. The summed E-state index contributed by atoms with van der Waals surface area (Å²) in [6.45, 7) is 3.13. The highest BCUT2D eigenvalue weighted by Crippen LogP contribution is 2.15. The predicted octanol–water partition coefficient (Wildman–Crippen LogP) is 1.16. The number of aromatic carboxylic acids is 1. The van der Waals surface area contributed by atoms with Gasteiger partial charge < -0.3 is 21.5 Å². The third-order valence-corrected chi connectivity index (χ3v) is 2.81. The zero-order valence-corrected chi connectivity index (χ0v) is 11.6. The molecule has 3 amide bonds. The van der Waals surface area contributed by atoms with E-state index in [0.717, 1.165) is 12.1 Å². The number of primary amides is 1. The van der Waals surface area contributed by atoms with Crippen molar-refractivity contribution in [3.05, 3.63) is 29.6 Å². The van der Waals surface area contributed by atoms with Gasteiger partial charge in [-0.15, -0.1) is 0 Å². The quantitative estimate of drug-likeness (QED) is 0.651. The second kappa shape index (κ2) is 6.21. The van der Waals surface area contributed by atoms with Crippen molar-refractivity contribution in [2.75, 3.05) is 11.9 Å². The number of rotatable bonds is 5. The number of hydrogen-bond donors (Lipinski definition) is 4. The number of carbonyl (C=O) groups excluding carboxylic acids is 2. The van der Waals surface area contributed by atoms with E-state index < -0.39 is 34.7 Å². The van der Waals surface area contributed by atoms with Crippen LogP contribution in [0.2, 0.25) is 0 Å². The molecule has 1 rings (SSSR count). The highest BCUT2D eigenvalue weighted by Gasteiger charge is 2.25. The highest BCUT2D eigenvalue weighted by molar-refractivity contribution is 5.93. The first-order chi connectivity index (χ1) is 9.63. The molecule has 0 unspecified atom stereocenters. The van der Waals surface area contributed by atoms with Gasteiger partial charge in [0, 0.05) is 12.2 Å². The van der Waals surface area contributed by atoms with Crippen molar-refractivity contribution in [2.24, 2.45) is 11.1 Å². The number of halogens is 1. The molecule has 8 heteroatoms. The van der Waals surface area contributed by atoms with E-state index in [-0.39, 0.29) is 12.2 Å². The number of amides is 3. The van der Waals surface area contributed by atoms with Crippen molar-refractivity contribution in [2.45, 2.75) is 13.8 Å². The summed E-state index contributed by atoms with van der Waals surface area (Å²) in [5.41, 5.74) is 3.80. The average Bonchev–Trinajstić information content (AvgIpc) is 2.38. The lowest BCUT2D eigenvalue weighted by Gasteiger charge is -2.20. The molecule has 0 radical (unpaired) electrons. The summed E-state index contributed by atoms with van der Waals surface area (Å²) in [6.07, 6.45) is 0. The second-order valence-electron chi connectivity index (χ2n) is 5.06. The van der Waals surface area contributed by atoms with Crippen molar-refractivity contribution in [3.8, 4) is 0 Å². The van der Waals surface area contributed by atoms with Gasteiger partial charge in [0.1, 0.15) is 5.82 Å². The molecular formula is C13H16FN3O4. The Bertz CT molecular complexity index is 587. The average molecular weight is 297 g/mol. The summed E-state index contributed by atoms with van der Waals surface area (Å²) >= 11 is 0. The topological polar surface area (TPSA) is 122 Å². The molecule has 0 atom stereocenters. The lowest BCUT2D eigenvalue weighted by molar-refractivity contribution is -0.125. The summed E-state index contributed by atoms with van der Waals surface area (Å²) in [7, 11) is 0. The molecule has 0 fully saturated rings. The number of hydrogen-bond acceptors (Lipinski definition) is 3. The van der Waals surface area contributed by atoms with Crippen LogP contribution in [0.4, 0.5) is 14.9 Å². The van der Waals surface area contributed by atoms with Crippen molar-refractivity contribution in [1.82, 2.24) is 5.32 Å². The number of urea groups is 1. The molecule has 0 saturated carbocycles. The first-order valence-corrected chi connectivity index (χ1v) is 6.01. The Labute approximate surface area is 120 Å². The maximum absolute atomic E-state index is 13.2. The Balaban J connectivity index is 2.70. The predicted molar refractivity (Wildman–Crippen MR) is 73.4 cm³/mol. The normalized spacial score (nSPS) is 10.8. The number of anilines is 1. The van der Waals surface area contributed by atoms with Crippen LogP contribution in [0.15, 0.2) is 18.2 Å². The summed E-state index contributed by atoms with van der Waals surface area (Å²) < 4.78 is 13.2. The molecular weight excluding hydrogens is 281 g/mol. The third-order valence-electron chi connectivity index (χ3n) is 2.81. The minimum atomic E-state index is -1.44. The standard InChI is InChI=1S/C13H16FN3O4/c1-13(2,11(15)20)6-16-12(21)17-7-3-4-9(14)8(5-7)10(18)19/h3-5H,6H2,1-2H3,(H2,15,20)(H,18,19)(H2,16,17,21). The Kier molecular flexibility index (Phi) is 4.85. The fourth-order valence-electron chi connectivity index (χ4n) is 1.33. The zero-order chi connectivity index (χ0) is 16.2. The van der Waals surface area contributed by atoms with Gasteiger partial charge in [0.05, 0.1) is 11.0 Å². The number of benzene rings is 1. The smallest absolute Gasteiger partial charge is 0.338 e. The van der Waals surface area contributed by atoms with Crippen LogP contribution in [-0.2, 0) is 4.79 Å². The Morgan fingerprint density at radius 2 is 1.95 bits per heavy atom. The number of carboxylic acids is 1. The van der Waals surface area contributed by atoms with Crippen LogP contribution in [0.3, 0.4) is 0 Å². The van der Waals surface area contributed by atoms with Gasteiger partial charge in [-0.2, -0.15) is 0 Å². The molecule has 0 aliphatic carbocycles. The molecule has 0 spiro atoms. The molecule has 0 aliphatic rings. The SMILES string of the molecule is CC(C)(CNC(=O)Nc1ccc(F)c(C(=O)O)c1)C(N)=O. The van der Waals surface area contributed by atoms with E-state index in [2.05, 4.69) is 10.6 Å². The Morgan fingerprint density at radius 1 is 1.33 bits per heavy atom. The molecule has 5 N–H and O–H groups in total. The van der Waals surface area contributed by atoms with Crippen molar-refractivity contribution >= 4 is 23.6 Å². The molecule has 7 nitrogen and oxygen atoms in total. The summed E-state index contributed by atoms with van der Waals surface area (Å²) in [5.74, 6) is -2.91. The zero-order valence-electron chi connectivity index (χ0n) is 11.6. The monoisotopic (exact) mass is 297 g/mol. The van der Waals surface area contributed by atoms with E-state index in [0.29, 0.717) is 0 Å². The molecule has 0 aromatic heterocycles. The molecule has 114 valence electrons. The highest BCUT2D eigenvalue weighted by atomic mass is 19.1. The van der Waals surface area contributed by atoms with Gasteiger partial charge in [-0.05, 0) is 32.0 Å². The minimum absolute atomic E-state index is 0.00114. The largest absolute Gasteiger partial charge is 0.478 e. The summed E-state index contributed by atoms with van der Waals surface area (Å²) in [5, 5.41) is 13.5. The van der Waals surface area contributed by atoms with Crippen LogP contribution < -0.4 is 16.4 Å². The second-order valence-corrected chi connectivity index (χ2v) is 5.06. The van der Waals surface area contributed by atoms with Crippen molar-refractivity contribution in [1.29, 1.82) is 0 Å². The van der Waals surface area contributed by atoms with E-state index >= 15 is 0 Å². The molecule has 0 bridgehead atoms. The minimum Gasteiger partial charge on any atom is -0.478 e. The van der Waals surface area contributed by atoms with Gasteiger partial charge in [-0.1, -0.05) is 0 Å². The fraction of sp³-hybridized carbons (Fsp3) is 0.308. The lowest BCUT2D eigenvalue weighted by atomic mass is 9.93. The van der Waals surface area contributed by atoms with Crippen LogP contribution in [0.5, 0.6) is 0 Å². The van der Waals surface area contributed by atoms with E-state index in [1.54, 1.807) is 13.8 Å². The number of carboxylic acid groups (broad SMARTS) is 1. The van der Waals surface area contributed by atoms with Gasteiger partial charge >= 0.3 is 12.0 Å². The first kappa shape index (κ1) is 16.4. The first-order valence-electron chi connectivity index (χ1n) is 6.01. The number of nitrogens with two attached hydrogens (primary N) is 1. The van der Waals surface area contributed by atoms with E-state index in [9.17, 15) is 18.8 Å². The third kappa shape index (κ3) is 4.44. The molecule has 1 aromatic rings. The molecule has 0 heterocycles. The van der Waals surface area contributed by atoms with Crippen LogP contribution in [0.1, 0.15) is 24.2 Å². The Hall–Kier alpha value is -2.64. The van der Waals surface area contributed by atoms with Crippen molar-refractivity contribution < 1.29 is 23.9 Å². The van der Waals surface area contributed by atoms with Crippen LogP contribution >= 0.6 is 0 Å². The van der Waals surface area contributed by atoms with Gasteiger partial charge in [0.25, 0.3) is 0 Å². The molecule has 1 aromatic carbocycles. The molecule has 21 heavy (non-hydrogen) atoms. The summed E-state index contributed by atoms with van der Waals surface area (Å²) in [4.78, 5) is 33.5. The number of nitrogens with one attached hydrogen (secondary N) is 2. The van der Waals surface area contributed by atoms with E-state index in [1.807, 2.05) is 0 Å².